The minimum Gasteiger partial charge on any atom is -0.497 e. The maximum Gasteiger partial charge on any atom is 0.255 e. The van der Waals surface area contributed by atoms with E-state index >= 15 is 0 Å². The van der Waals surface area contributed by atoms with Crippen LogP contribution in [0.1, 0.15) is 41.6 Å². The van der Waals surface area contributed by atoms with Crippen LogP contribution in [0, 0.1) is 0 Å². The molecule has 146 valence electrons. The van der Waals surface area contributed by atoms with Gasteiger partial charge in [-0.25, -0.2) is 0 Å². The summed E-state index contributed by atoms with van der Waals surface area (Å²) in [4.78, 5) is 17.4. The normalized spacial score (nSPS) is 19.5. The van der Waals surface area contributed by atoms with Crippen molar-refractivity contribution in [1.29, 1.82) is 0 Å². The van der Waals surface area contributed by atoms with E-state index in [-0.39, 0.29) is 11.9 Å². The van der Waals surface area contributed by atoms with E-state index in [2.05, 4.69) is 10.3 Å². The zero-order valence-corrected chi connectivity index (χ0v) is 16.0. The maximum atomic E-state index is 12.9. The Morgan fingerprint density at radius 2 is 2.04 bits per heavy atom. The molecule has 2 atom stereocenters. The maximum absolute atomic E-state index is 12.9. The number of methoxy groups -OCH3 is 1. The van der Waals surface area contributed by atoms with Gasteiger partial charge in [-0.3, -0.25) is 9.78 Å². The van der Waals surface area contributed by atoms with Crippen LogP contribution in [0.5, 0.6) is 5.75 Å². The van der Waals surface area contributed by atoms with Gasteiger partial charge in [0.15, 0.2) is 0 Å². The number of nitrogens with one attached hydrogen (secondary N) is 1. The summed E-state index contributed by atoms with van der Waals surface area (Å²) < 4.78 is 7.25. The van der Waals surface area contributed by atoms with E-state index in [1.165, 1.54) is 0 Å². The van der Waals surface area contributed by atoms with Crippen LogP contribution in [-0.2, 0) is 6.54 Å². The van der Waals surface area contributed by atoms with E-state index in [9.17, 15) is 9.90 Å². The molecular formula is C22H25N3O3. The van der Waals surface area contributed by atoms with Crippen LogP contribution in [0.15, 0.2) is 48.8 Å². The lowest BCUT2D eigenvalue weighted by atomic mass is 9.92. The van der Waals surface area contributed by atoms with Crippen LogP contribution in [0.2, 0.25) is 0 Å². The summed E-state index contributed by atoms with van der Waals surface area (Å²) in [6, 6.07) is 11.5. The minimum absolute atomic E-state index is 0.178. The lowest BCUT2D eigenvalue weighted by Gasteiger charge is -2.28. The number of ether oxygens (including phenoxy) is 1. The molecule has 1 aromatic carbocycles. The van der Waals surface area contributed by atoms with Gasteiger partial charge in [0.1, 0.15) is 11.3 Å². The first-order valence-electron chi connectivity index (χ1n) is 9.71. The van der Waals surface area contributed by atoms with Gasteiger partial charge in [-0.1, -0.05) is 25.0 Å². The van der Waals surface area contributed by atoms with Gasteiger partial charge in [0.05, 0.1) is 30.3 Å². The molecule has 0 radical (unpaired) electrons. The lowest BCUT2D eigenvalue weighted by Crippen LogP contribution is -2.45. The number of pyridine rings is 1. The molecule has 1 saturated carbocycles. The highest BCUT2D eigenvalue weighted by Gasteiger charge is 2.26. The number of fused-ring (bicyclic) bond motifs is 1. The van der Waals surface area contributed by atoms with Crippen molar-refractivity contribution < 1.29 is 14.6 Å². The number of rotatable bonds is 5. The Morgan fingerprint density at radius 1 is 1.25 bits per heavy atom. The molecule has 2 heterocycles. The van der Waals surface area contributed by atoms with Crippen molar-refractivity contribution in [3.05, 3.63) is 59.9 Å². The third-order valence-electron chi connectivity index (χ3n) is 5.44. The van der Waals surface area contributed by atoms with Gasteiger partial charge < -0.3 is 19.7 Å². The predicted octanol–water partition coefficient (Wildman–Crippen LogP) is 3.13. The van der Waals surface area contributed by atoms with Crippen molar-refractivity contribution in [2.75, 3.05) is 7.11 Å². The fourth-order valence-corrected chi connectivity index (χ4v) is 3.87. The lowest BCUT2D eigenvalue weighted by molar-refractivity contribution is 0.0718. The third-order valence-corrected chi connectivity index (χ3v) is 5.44. The van der Waals surface area contributed by atoms with Gasteiger partial charge in [0, 0.05) is 18.9 Å². The summed E-state index contributed by atoms with van der Waals surface area (Å²) in [7, 11) is 1.65. The van der Waals surface area contributed by atoms with Crippen LogP contribution >= 0.6 is 0 Å². The largest absolute Gasteiger partial charge is 0.497 e. The van der Waals surface area contributed by atoms with Gasteiger partial charge in [0.2, 0.25) is 0 Å². The molecular weight excluding hydrogens is 354 g/mol. The predicted molar refractivity (Wildman–Crippen MR) is 108 cm³/mol. The molecule has 1 amide bonds. The number of carbonyl (C=O) groups excluding carboxylic acids is 1. The molecule has 0 aliphatic heterocycles. The first-order chi connectivity index (χ1) is 13.7. The summed E-state index contributed by atoms with van der Waals surface area (Å²) in [6.45, 7) is 0.630. The second-order valence-corrected chi connectivity index (χ2v) is 7.32. The molecule has 1 aliphatic rings. The highest BCUT2D eigenvalue weighted by molar-refractivity contribution is 6.05. The molecule has 1 unspecified atom stereocenters. The molecule has 1 fully saturated rings. The zero-order chi connectivity index (χ0) is 19.5. The monoisotopic (exact) mass is 379 g/mol. The topological polar surface area (TPSA) is 76.4 Å². The van der Waals surface area contributed by atoms with Crippen LogP contribution < -0.4 is 10.1 Å². The third kappa shape index (κ3) is 3.73. The molecule has 4 rings (SSSR count). The van der Waals surface area contributed by atoms with Gasteiger partial charge in [-0.15, -0.1) is 0 Å². The summed E-state index contributed by atoms with van der Waals surface area (Å²) >= 11 is 0. The number of amides is 1. The fraction of sp³-hybridized carbons (Fsp3) is 0.364. The van der Waals surface area contributed by atoms with E-state index in [0.717, 1.165) is 42.5 Å². The summed E-state index contributed by atoms with van der Waals surface area (Å²) in [6.07, 6.45) is 6.67. The zero-order valence-electron chi connectivity index (χ0n) is 16.0. The number of aliphatic hydroxyl groups is 1. The van der Waals surface area contributed by atoms with Crippen molar-refractivity contribution in [2.45, 2.75) is 44.4 Å². The smallest absolute Gasteiger partial charge is 0.255 e. The highest BCUT2D eigenvalue weighted by atomic mass is 16.5. The van der Waals surface area contributed by atoms with Crippen molar-refractivity contribution in [2.24, 2.45) is 0 Å². The Labute approximate surface area is 164 Å². The number of aromatic nitrogens is 2. The molecule has 6 heteroatoms. The molecule has 3 aromatic rings. The quantitative estimate of drug-likeness (QED) is 0.714. The molecule has 0 saturated heterocycles. The second kappa shape index (κ2) is 8.02. The average Bonchev–Trinajstić information content (AvgIpc) is 3.09. The number of carbonyl (C=O) groups is 1. The van der Waals surface area contributed by atoms with Gasteiger partial charge in [0.25, 0.3) is 5.91 Å². The average molecular weight is 379 g/mol. The van der Waals surface area contributed by atoms with Crippen LogP contribution in [0.4, 0.5) is 0 Å². The second-order valence-electron chi connectivity index (χ2n) is 7.32. The first-order valence-corrected chi connectivity index (χ1v) is 9.71. The highest BCUT2D eigenvalue weighted by Crippen LogP contribution is 2.23. The van der Waals surface area contributed by atoms with Crippen LogP contribution in [-0.4, -0.2) is 39.8 Å². The summed E-state index contributed by atoms with van der Waals surface area (Å²) in [5.74, 6) is 0.636. The van der Waals surface area contributed by atoms with E-state index in [0.29, 0.717) is 17.6 Å². The van der Waals surface area contributed by atoms with Crippen molar-refractivity contribution >= 4 is 16.9 Å². The minimum atomic E-state index is -0.474. The Kier molecular flexibility index (Phi) is 5.30. The van der Waals surface area contributed by atoms with Gasteiger partial charge in [-0.05, 0) is 42.7 Å². The first kappa shape index (κ1) is 18.5. The van der Waals surface area contributed by atoms with Crippen molar-refractivity contribution in [1.82, 2.24) is 14.9 Å². The van der Waals surface area contributed by atoms with Gasteiger partial charge >= 0.3 is 0 Å². The summed E-state index contributed by atoms with van der Waals surface area (Å²) in [5, 5.41) is 13.2. The van der Waals surface area contributed by atoms with Crippen molar-refractivity contribution in [3.63, 3.8) is 0 Å². The molecule has 2 aromatic heterocycles. The number of benzene rings is 1. The van der Waals surface area contributed by atoms with Crippen LogP contribution in [0.3, 0.4) is 0 Å². The molecule has 1 aliphatic carbocycles. The number of aliphatic hydroxyl groups excluding tert-OH is 1. The van der Waals surface area contributed by atoms with Crippen molar-refractivity contribution in [3.8, 4) is 5.75 Å². The molecule has 28 heavy (non-hydrogen) atoms. The Bertz CT molecular complexity index is 965. The SMILES string of the molecule is COc1ccc(Cn2cc(C(=O)NC3CCCC[C@@H]3O)c3ncccc32)cc1. The van der Waals surface area contributed by atoms with E-state index < -0.39 is 6.10 Å². The Hall–Kier alpha value is -2.86. The van der Waals surface area contributed by atoms with E-state index in [1.807, 2.05) is 47.2 Å². The Balaban J connectivity index is 1.61. The molecule has 2 N–H and O–H groups in total. The number of hydrogen-bond acceptors (Lipinski definition) is 4. The molecule has 0 spiro atoms. The standard InChI is InChI=1S/C22H25N3O3/c1-28-16-10-8-15(9-11-16)13-25-14-17(21-19(25)6-4-12-23-21)22(27)24-18-5-2-3-7-20(18)26/h4,6,8-12,14,18,20,26H,2-3,5,7,13H2,1H3,(H,24,27)/t18?,20-/m0/s1. The molecule has 6 nitrogen and oxygen atoms in total. The fourth-order valence-electron chi connectivity index (χ4n) is 3.87. The Morgan fingerprint density at radius 3 is 2.79 bits per heavy atom. The molecule has 0 bridgehead atoms. The van der Waals surface area contributed by atoms with Gasteiger partial charge in [-0.2, -0.15) is 0 Å². The van der Waals surface area contributed by atoms with E-state index in [1.54, 1.807) is 13.3 Å². The summed E-state index contributed by atoms with van der Waals surface area (Å²) in [5.41, 5.74) is 3.24. The van der Waals surface area contributed by atoms with Crippen LogP contribution in [0.25, 0.3) is 11.0 Å². The number of hydrogen-bond donors (Lipinski definition) is 2. The van der Waals surface area contributed by atoms with E-state index in [4.69, 9.17) is 4.74 Å². The number of nitrogens with zero attached hydrogens (tertiary/aromatic N) is 2.